The first-order valence-electron chi connectivity index (χ1n) is 10.2. The highest BCUT2D eigenvalue weighted by Gasteiger charge is 2.54. The summed E-state index contributed by atoms with van der Waals surface area (Å²) in [5.41, 5.74) is 0.207. The fraction of sp³-hybridized carbons (Fsp3) is 0.348. The van der Waals surface area contributed by atoms with Crippen molar-refractivity contribution < 1.29 is 47.4 Å². The van der Waals surface area contributed by atoms with Crippen LogP contribution in [0.1, 0.15) is 37.4 Å². The molecule has 0 aliphatic carbocycles. The Bertz CT molecular complexity index is 1020. The second-order valence-electron chi connectivity index (χ2n) is 7.26. The van der Waals surface area contributed by atoms with Crippen molar-refractivity contribution in [3.05, 3.63) is 60.4 Å². The smallest absolute Gasteiger partial charge is 0.349 e. The van der Waals surface area contributed by atoms with E-state index in [0.717, 1.165) is 0 Å². The standard InChI is InChI=1S/C23H24NO9/c1-14(25)29-13-19-20(30-15(2)26)21(31-16(3)27)22(33-19)24-11-7-8-17(12-24)23(28)32-18-9-5-4-6-10-18/h4-12,19-22H,13H2,1-3H3/q+1/t19-,20?,21?,22-/m1/s1. The summed E-state index contributed by atoms with van der Waals surface area (Å²) in [5.74, 6) is -2.03. The van der Waals surface area contributed by atoms with Crippen LogP contribution >= 0.6 is 0 Å². The van der Waals surface area contributed by atoms with Crippen LogP contribution in [-0.2, 0) is 33.3 Å². The van der Waals surface area contributed by atoms with Gasteiger partial charge < -0.3 is 23.7 Å². The number of ether oxygens (including phenoxy) is 5. The van der Waals surface area contributed by atoms with E-state index in [0.29, 0.717) is 5.75 Å². The number of para-hydroxylation sites is 1. The van der Waals surface area contributed by atoms with Gasteiger partial charge in [0.25, 0.3) is 0 Å². The lowest BCUT2D eigenvalue weighted by Gasteiger charge is -2.21. The number of esters is 4. The average Bonchev–Trinajstić information content (AvgIpc) is 3.09. The molecule has 3 rings (SSSR count). The Labute approximate surface area is 190 Å². The maximum atomic E-state index is 12.6. The number of hydrogen-bond donors (Lipinski definition) is 0. The van der Waals surface area contributed by atoms with Crippen molar-refractivity contribution in [2.24, 2.45) is 0 Å². The van der Waals surface area contributed by atoms with Crippen molar-refractivity contribution in [1.82, 2.24) is 0 Å². The van der Waals surface area contributed by atoms with Crippen LogP contribution in [0.5, 0.6) is 5.75 Å². The lowest BCUT2D eigenvalue weighted by Crippen LogP contribution is -2.48. The lowest BCUT2D eigenvalue weighted by atomic mass is 10.1. The maximum absolute atomic E-state index is 12.6. The minimum absolute atomic E-state index is 0.207. The summed E-state index contributed by atoms with van der Waals surface area (Å²) in [4.78, 5) is 47.3. The van der Waals surface area contributed by atoms with Gasteiger partial charge in [-0.1, -0.05) is 18.2 Å². The molecule has 0 bridgehead atoms. The maximum Gasteiger partial charge on any atom is 0.349 e. The molecule has 4 atom stereocenters. The highest BCUT2D eigenvalue weighted by molar-refractivity contribution is 5.90. The highest BCUT2D eigenvalue weighted by Crippen LogP contribution is 2.31. The first kappa shape index (κ1) is 23.9. The predicted molar refractivity (Wildman–Crippen MR) is 110 cm³/mol. The normalized spacial score (nSPS) is 21.7. The van der Waals surface area contributed by atoms with Gasteiger partial charge in [-0.3, -0.25) is 14.4 Å². The molecule has 1 aromatic carbocycles. The molecule has 174 valence electrons. The van der Waals surface area contributed by atoms with E-state index in [1.54, 1.807) is 48.7 Å². The van der Waals surface area contributed by atoms with Crippen LogP contribution < -0.4 is 9.30 Å². The van der Waals surface area contributed by atoms with Gasteiger partial charge in [0.15, 0.2) is 18.5 Å². The van der Waals surface area contributed by atoms with Gasteiger partial charge in [-0.15, -0.1) is 0 Å². The molecule has 0 radical (unpaired) electrons. The molecular weight excluding hydrogens is 434 g/mol. The van der Waals surface area contributed by atoms with Gasteiger partial charge in [0.2, 0.25) is 6.10 Å². The Morgan fingerprint density at radius 2 is 1.55 bits per heavy atom. The van der Waals surface area contributed by atoms with Crippen LogP contribution in [0.3, 0.4) is 0 Å². The number of carbonyl (C=O) groups is 4. The molecule has 0 amide bonds. The molecule has 0 N–H and O–H groups in total. The van der Waals surface area contributed by atoms with Gasteiger partial charge in [-0.25, -0.2) is 4.79 Å². The van der Waals surface area contributed by atoms with Gasteiger partial charge in [-0.2, -0.15) is 4.57 Å². The topological polar surface area (TPSA) is 118 Å². The zero-order valence-electron chi connectivity index (χ0n) is 18.3. The van der Waals surface area contributed by atoms with Crippen LogP contribution in [0.2, 0.25) is 0 Å². The van der Waals surface area contributed by atoms with Crippen LogP contribution in [0.4, 0.5) is 0 Å². The van der Waals surface area contributed by atoms with Gasteiger partial charge in [0, 0.05) is 26.8 Å². The molecule has 1 aliphatic heterocycles. The Balaban J connectivity index is 1.88. The summed E-state index contributed by atoms with van der Waals surface area (Å²) < 4.78 is 28.6. The number of pyridine rings is 1. The molecular formula is C23H24NO9+. The number of aromatic nitrogens is 1. The fourth-order valence-electron chi connectivity index (χ4n) is 3.36. The van der Waals surface area contributed by atoms with Crippen LogP contribution in [0.25, 0.3) is 0 Å². The number of nitrogens with zero attached hydrogens (tertiary/aromatic N) is 1. The molecule has 10 heteroatoms. The van der Waals surface area contributed by atoms with Crippen molar-refractivity contribution in [1.29, 1.82) is 0 Å². The largest absolute Gasteiger partial charge is 0.463 e. The van der Waals surface area contributed by atoms with Crippen molar-refractivity contribution in [3.8, 4) is 5.75 Å². The van der Waals surface area contributed by atoms with Crippen LogP contribution in [-0.4, -0.2) is 48.8 Å². The summed E-state index contributed by atoms with van der Waals surface area (Å²) in [7, 11) is 0. The second kappa shape index (κ2) is 10.7. The summed E-state index contributed by atoms with van der Waals surface area (Å²) in [6.45, 7) is 3.42. The molecule has 2 aromatic rings. The molecule has 1 aliphatic rings. The second-order valence-corrected chi connectivity index (χ2v) is 7.26. The third-order valence-electron chi connectivity index (χ3n) is 4.65. The number of rotatable bonds is 7. The van der Waals surface area contributed by atoms with E-state index in [2.05, 4.69) is 0 Å². The molecule has 10 nitrogen and oxygen atoms in total. The van der Waals surface area contributed by atoms with Crippen molar-refractivity contribution in [2.75, 3.05) is 6.61 Å². The first-order valence-corrected chi connectivity index (χ1v) is 10.2. The molecule has 0 spiro atoms. The first-order chi connectivity index (χ1) is 15.7. The van der Waals surface area contributed by atoms with Gasteiger partial charge in [-0.05, 0) is 18.2 Å². The molecule has 0 saturated carbocycles. The SMILES string of the molecule is CC(=O)OC[C@H]1O[C@@H]([n+]2cccc(C(=O)Oc3ccccc3)c2)C(OC(C)=O)C1OC(C)=O. The number of hydrogen-bond acceptors (Lipinski definition) is 9. The van der Waals surface area contributed by atoms with Crippen molar-refractivity contribution in [3.63, 3.8) is 0 Å². The summed E-state index contributed by atoms with van der Waals surface area (Å²) in [5, 5.41) is 0. The average molecular weight is 458 g/mol. The van der Waals surface area contributed by atoms with E-state index in [4.69, 9.17) is 23.7 Å². The lowest BCUT2D eigenvalue weighted by molar-refractivity contribution is -0.765. The molecule has 1 aromatic heterocycles. The Morgan fingerprint density at radius 1 is 0.879 bits per heavy atom. The Kier molecular flexibility index (Phi) is 7.73. The van der Waals surface area contributed by atoms with Gasteiger partial charge >= 0.3 is 30.1 Å². The number of carbonyl (C=O) groups excluding carboxylic acids is 4. The van der Waals surface area contributed by atoms with E-state index >= 15 is 0 Å². The summed E-state index contributed by atoms with van der Waals surface area (Å²) in [6.07, 6.45) is -0.909. The molecule has 1 saturated heterocycles. The van der Waals surface area contributed by atoms with E-state index in [1.165, 1.54) is 31.5 Å². The Hall–Kier alpha value is -3.79. The van der Waals surface area contributed by atoms with E-state index in [-0.39, 0.29) is 12.2 Å². The Morgan fingerprint density at radius 3 is 2.18 bits per heavy atom. The fourth-order valence-corrected chi connectivity index (χ4v) is 3.36. The summed E-state index contributed by atoms with van der Waals surface area (Å²) >= 11 is 0. The van der Waals surface area contributed by atoms with Crippen molar-refractivity contribution >= 4 is 23.9 Å². The molecule has 1 fully saturated rings. The summed E-state index contributed by atoms with van der Waals surface area (Å²) in [6, 6.07) is 11.7. The zero-order valence-corrected chi connectivity index (χ0v) is 18.3. The highest BCUT2D eigenvalue weighted by atomic mass is 16.7. The quantitative estimate of drug-likeness (QED) is 0.263. The third kappa shape index (κ3) is 6.36. The third-order valence-corrected chi connectivity index (χ3v) is 4.65. The molecule has 2 unspecified atom stereocenters. The minimum Gasteiger partial charge on any atom is -0.463 e. The van der Waals surface area contributed by atoms with E-state index in [9.17, 15) is 19.2 Å². The molecule has 2 heterocycles. The zero-order chi connectivity index (χ0) is 24.0. The predicted octanol–water partition coefficient (Wildman–Crippen LogP) is 1.52. The van der Waals surface area contributed by atoms with Gasteiger partial charge in [0.1, 0.15) is 24.0 Å². The van der Waals surface area contributed by atoms with E-state index < -0.39 is 48.4 Å². The van der Waals surface area contributed by atoms with Gasteiger partial charge in [0.05, 0.1) is 0 Å². The van der Waals surface area contributed by atoms with E-state index in [1.807, 2.05) is 0 Å². The van der Waals surface area contributed by atoms with Crippen molar-refractivity contribution in [2.45, 2.75) is 45.3 Å². The van der Waals surface area contributed by atoms with Crippen LogP contribution in [0, 0.1) is 0 Å². The van der Waals surface area contributed by atoms with Crippen LogP contribution in [0.15, 0.2) is 54.9 Å². The number of benzene rings is 1. The minimum atomic E-state index is -1.06. The monoisotopic (exact) mass is 458 g/mol. The molecule has 33 heavy (non-hydrogen) atoms.